The number of amides is 1. The number of hydrogen-bond donors (Lipinski definition) is 1. The van der Waals surface area contributed by atoms with Gasteiger partial charge >= 0.3 is 0 Å². The van der Waals surface area contributed by atoms with Crippen LogP contribution < -0.4 is 5.32 Å². The van der Waals surface area contributed by atoms with Crippen molar-refractivity contribution in [1.29, 1.82) is 0 Å². The smallest absolute Gasteiger partial charge is 0.258 e. The molecule has 0 spiro atoms. The van der Waals surface area contributed by atoms with Crippen LogP contribution in [0.25, 0.3) is 11.0 Å². The van der Waals surface area contributed by atoms with Gasteiger partial charge in [-0.2, -0.15) is 0 Å². The van der Waals surface area contributed by atoms with E-state index in [1.54, 1.807) is 12.1 Å². The molecular weight excluding hydrogens is 276 g/mol. The third kappa shape index (κ3) is 2.43. The molecule has 0 saturated heterocycles. The molecule has 3 rings (SSSR count). The van der Waals surface area contributed by atoms with Crippen LogP contribution in [0, 0.1) is 11.6 Å². The van der Waals surface area contributed by atoms with E-state index >= 15 is 0 Å². The Kier molecular flexibility index (Phi) is 3.27. The third-order valence-electron chi connectivity index (χ3n) is 2.94. The molecule has 0 aliphatic rings. The van der Waals surface area contributed by atoms with E-state index in [4.69, 9.17) is 0 Å². The molecular formula is C15H9F2N3O. The van der Waals surface area contributed by atoms with Gasteiger partial charge in [-0.15, -0.1) is 0 Å². The van der Waals surface area contributed by atoms with Crippen LogP contribution in [0.3, 0.4) is 0 Å². The number of para-hydroxylation sites is 2. The number of nitrogens with zero attached hydrogens (tertiary/aromatic N) is 2. The maximum atomic E-state index is 13.6. The zero-order chi connectivity index (χ0) is 14.8. The lowest BCUT2D eigenvalue weighted by Crippen LogP contribution is -2.15. The number of rotatable bonds is 2. The molecule has 3 aromatic rings. The minimum atomic E-state index is -0.838. The summed E-state index contributed by atoms with van der Waals surface area (Å²) in [6, 6.07) is 8.21. The fourth-order valence-electron chi connectivity index (χ4n) is 1.97. The summed E-state index contributed by atoms with van der Waals surface area (Å²) < 4.78 is 27.1. The fourth-order valence-corrected chi connectivity index (χ4v) is 1.97. The van der Waals surface area contributed by atoms with E-state index in [1.807, 2.05) is 0 Å². The second-order valence-corrected chi connectivity index (χ2v) is 4.28. The van der Waals surface area contributed by atoms with Crippen molar-refractivity contribution in [3.05, 3.63) is 66.0 Å². The molecule has 1 amide bonds. The van der Waals surface area contributed by atoms with Gasteiger partial charge in [0, 0.05) is 12.4 Å². The monoisotopic (exact) mass is 285 g/mol. The van der Waals surface area contributed by atoms with E-state index in [2.05, 4.69) is 15.3 Å². The minimum absolute atomic E-state index is 0.197. The topological polar surface area (TPSA) is 54.9 Å². The fraction of sp³-hybridized carbons (Fsp3) is 0. The van der Waals surface area contributed by atoms with Gasteiger partial charge in [-0.1, -0.05) is 12.1 Å². The van der Waals surface area contributed by atoms with Gasteiger partial charge in [-0.25, -0.2) is 8.78 Å². The van der Waals surface area contributed by atoms with E-state index < -0.39 is 23.2 Å². The Hall–Kier alpha value is -2.89. The summed E-state index contributed by atoms with van der Waals surface area (Å²) in [6.07, 6.45) is 2.95. The summed E-state index contributed by atoms with van der Waals surface area (Å²) in [6.45, 7) is 0. The van der Waals surface area contributed by atoms with Crippen LogP contribution in [0.5, 0.6) is 0 Å². The summed E-state index contributed by atoms with van der Waals surface area (Å²) in [7, 11) is 0. The van der Waals surface area contributed by atoms with Crippen LogP contribution in [0.1, 0.15) is 10.4 Å². The summed E-state index contributed by atoms with van der Waals surface area (Å²) in [5.41, 5.74) is 0.611. The Morgan fingerprint density at radius 1 is 0.952 bits per heavy atom. The highest BCUT2D eigenvalue weighted by molar-refractivity contribution is 6.11. The molecule has 2 aromatic carbocycles. The Morgan fingerprint density at radius 2 is 1.62 bits per heavy atom. The normalized spacial score (nSPS) is 10.6. The molecule has 21 heavy (non-hydrogen) atoms. The maximum absolute atomic E-state index is 13.6. The zero-order valence-electron chi connectivity index (χ0n) is 10.7. The molecule has 0 unspecified atom stereocenters. The second-order valence-electron chi connectivity index (χ2n) is 4.28. The van der Waals surface area contributed by atoms with Crippen LogP contribution in [-0.4, -0.2) is 15.9 Å². The summed E-state index contributed by atoms with van der Waals surface area (Å²) >= 11 is 0. The lowest BCUT2D eigenvalue weighted by atomic mass is 10.1. The molecule has 0 saturated carbocycles. The van der Waals surface area contributed by atoms with Crippen molar-refractivity contribution in [3.63, 3.8) is 0 Å². The Bertz CT molecular complexity index is 811. The number of halogens is 2. The molecule has 0 atom stereocenters. The van der Waals surface area contributed by atoms with Crippen LogP contribution in [-0.2, 0) is 0 Å². The van der Waals surface area contributed by atoms with Gasteiger partial charge in [-0.05, 0) is 24.3 Å². The van der Waals surface area contributed by atoms with E-state index in [0.717, 1.165) is 12.1 Å². The second kappa shape index (κ2) is 5.24. The lowest BCUT2D eigenvalue weighted by Gasteiger charge is -2.08. The van der Waals surface area contributed by atoms with Crippen LogP contribution in [0.15, 0.2) is 48.8 Å². The Morgan fingerprint density at radius 3 is 2.38 bits per heavy atom. The van der Waals surface area contributed by atoms with Crippen LogP contribution in [0.4, 0.5) is 14.5 Å². The zero-order valence-corrected chi connectivity index (χ0v) is 10.7. The van der Waals surface area contributed by atoms with Crippen molar-refractivity contribution >= 4 is 22.6 Å². The first-order valence-corrected chi connectivity index (χ1v) is 6.12. The maximum Gasteiger partial charge on any atom is 0.258 e. The quantitative estimate of drug-likeness (QED) is 0.787. The molecule has 0 fully saturated rings. The first kappa shape index (κ1) is 13.1. The van der Waals surface area contributed by atoms with Crippen molar-refractivity contribution < 1.29 is 13.6 Å². The summed E-state index contributed by atoms with van der Waals surface area (Å²) in [5.74, 6) is -2.32. The molecule has 0 bridgehead atoms. The number of benzene rings is 2. The van der Waals surface area contributed by atoms with Gasteiger partial charge in [-0.3, -0.25) is 14.8 Å². The number of fused-ring (bicyclic) bond motifs is 1. The Labute approximate surface area is 118 Å². The number of anilines is 1. The molecule has 6 heteroatoms. The highest BCUT2D eigenvalue weighted by atomic mass is 19.1. The number of carbonyl (C=O) groups excluding carboxylic acids is 1. The van der Waals surface area contributed by atoms with Gasteiger partial charge in [0.05, 0.1) is 11.1 Å². The largest absolute Gasteiger partial charge is 0.317 e. The summed E-state index contributed by atoms with van der Waals surface area (Å²) in [4.78, 5) is 20.4. The number of hydrogen-bond acceptors (Lipinski definition) is 3. The number of carbonyl (C=O) groups is 1. The van der Waals surface area contributed by atoms with E-state index in [-0.39, 0.29) is 5.56 Å². The predicted molar refractivity (Wildman–Crippen MR) is 73.8 cm³/mol. The molecule has 0 radical (unpaired) electrons. The first-order valence-electron chi connectivity index (χ1n) is 6.12. The van der Waals surface area contributed by atoms with Crippen molar-refractivity contribution in [2.75, 3.05) is 5.32 Å². The van der Waals surface area contributed by atoms with Crippen molar-refractivity contribution in [1.82, 2.24) is 9.97 Å². The highest BCUT2D eigenvalue weighted by Gasteiger charge is 2.16. The number of aromatic nitrogens is 2. The summed E-state index contributed by atoms with van der Waals surface area (Å²) in [5, 5.41) is 2.23. The van der Waals surface area contributed by atoms with E-state index in [0.29, 0.717) is 11.0 Å². The molecule has 104 valence electrons. The van der Waals surface area contributed by atoms with Crippen molar-refractivity contribution in [2.45, 2.75) is 0 Å². The first-order chi connectivity index (χ1) is 10.2. The van der Waals surface area contributed by atoms with Crippen LogP contribution in [0.2, 0.25) is 0 Å². The SMILES string of the molecule is O=C(Nc1c(F)cccc1F)c1cccc2nccnc12. The van der Waals surface area contributed by atoms with Gasteiger partial charge in [0.15, 0.2) is 0 Å². The minimum Gasteiger partial charge on any atom is -0.317 e. The molecule has 1 heterocycles. The Balaban J connectivity index is 2.02. The van der Waals surface area contributed by atoms with Gasteiger partial charge in [0.25, 0.3) is 5.91 Å². The predicted octanol–water partition coefficient (Wildman–Crippen LogP) is 3.16. The number of nitrogens with one attached hydrogen (secondary N) is 1. The van der Waals surface area contributed by atoms with Crippen LogP contribution >= 0.6 is 0 Å². The molecule has 1 aromatic heterocycles. The van der Waals surface area contributed by atoms with E-state index in [9.17, 15) is 13.6 Å². The third-order valence-corrected chi connectivity index (χ3v) is 2.94. The van der Waals surface area contributed by atoms with E-state index in [1.165, 1.54) is 24.5 Å². The average molecular weight is 285 g/mol. The molecule has 0 aliphatic carbocycles. The highest BCUT2D eigenvalue weighted by Crippen LogP contribution is 2.20. The standard InChI is InChI=1S/C15H9F2N3O/c16-10-4-2-5-11(17)14(10)20-15(21)9-3-1-6-12-13(9)19-8-7-18-12/h1-8H,(H,20,21). The van der Waals surface area contributed by atoms with Gasteiger partial charge in [0.2, 0.25) is 0 Å². The van der Waals surface area contributed by atoms with Crippen molar-refractivity contribution in [2.24, 2.45) is 0 Å². The molecule has 1 N–H and O–H groups in total. The van der Waals surface area contributed by atoms with Gasteiger partial charge < -0.3 is 5.32 Å². The molecule has 0 aliphatic heterocycles. The van der Waals surface area contributed by atoms with Gasteiger partial charge in [0.1, 0.15) is 22.8 Å². The average Bonchev–Trinajstić information content (AvgIpc) is 2.50. The van der Waals surface area contributed by atoms with Crippen molar-refractivity contribution in [3.8, 4) is 0 Å². The lowest BCUT2D eigenvalue weighted by molar-refractivity contribution is 0.102. The molecule has 4 nitrogen and oxygen atoms in total.